The second kappa shape index (κ2) is 8.29. The van der Waals surface area contributed by atoms with E-state index < -0.39 is 10.0 Å². The van der Waals surface area contributed by atoms with E-state index in [1.165, 1.54) is 0 Å². The molecule has 0 saturated heterocycles. The van der Waals surface area contributed by atoms with Crippen LogP contribution >= 0.6 is 12.4 Å². The van der Waals surface area contributed by atoms with Gasteiger partial charge in [-0.1, -0.05) is 30.3 Å². The number of benzene rings is 2. The van der Waals surface area contributed by atoms with Crippen molar-refractivity contribution < 1.29 is 8.42 Å². The van der Waals surface area contributed by atoms with Gasteiger partial charge in [0.15, 0.2) is 11.6 Å². The quantitative estimate of drug-likeness (QED) is 0.484. The van der Waals surface area contributed by atoms with Gasteiger partial charge >= 0.3 is 0 Å². The van der Waals surface area contributed by atoms with Crippen LogP contribution in [-0.2, 0) is 17.1 Å². The molecule has 0 spiro atoms. The molecule has 30 heavy (non-hydrogen) atoms. The number of nitrogens with one attached hydrogen (secondary N) is 2. The summed E-state index contributed by atoms with van der Waals surface area (Å²) in [4.78, 5) is 9.44. The van der Waals surface area contributed by atoms with Gasteiger partial charge in [0, 0.05) is 24.0 Å². The zero-order valence-electron chi connectivity index (χ0n) is 16.6. The maximum atomic E-state index is 11.4. The maximum Gasteiger partial charge on any atom is 0.229 e. The molecule has 0 saturated carbocycles. The van der Waals surface area contributed by atoms with E-state index in [-0.39, 0.29) is 12.4 Å². The Morgan fingerprint density at radius 3 is 2.20 bits per heavy atom. The van der Waals surface area contributed by atoms with Crippen LogP contribution in [0.3, 0.4) is 0 Å². The Bertz CT molecular complexity index is 1290. The third-order valence-electron chi connectivity index (χ3n) is 4.33. The van der Waals surface area contributed by atoms with Crippen molar-refractivity contribution in [3.63, 3.8) is 0 Å². The van der Waals surface area contributed by atoms with Gasteiger partial charge in [-0.25, -0.2) is 18.4 Å². The first-order valence-electron chi connectivity index (χ1n) is 8.92. The summed E-state index contributed by atoms with van der Waals surface area (Å²) in [7, 11) is -1.47. The van der Waals surface area contributed by atoms with Crippen LogP contribution in [0.25, 0.3) is 22.4 Å². The van der Waals surface area contributed by atoms with Gasteiger partial charge in [-0.3, -0.25) is 9.40 Å². The maximum absolute atomic E-state index is 11.4. The van der Waals surface area contributed by atoms with Crippen LogP contribution in [-0.4, -0.2) is 34.4 Å². The van der Waals surface area contributed by atoms with E-state index in [0.717, 1.165) is 34.2 Å². The molecule has 0 aliphatic carbocycles. The minimum Gasteiger partial charge on any atom is -0.338 e. The molecule has 4 rings (SSSR count). The minimum absolute atomic E-state index is 0. The van der Waals surface area contributed by atoms with Crippen LogP contribution in [0.5, 0.6) is 0 Å². The van der Waals surface area contributed by atoms with Crippen LogP contribution < -0.4 is 10.0 Å². The van der Waals surface area contributed by atoms with Crippen LogP contribution in [0, 0.1) is 6.92 Å². The Balaban J connectivity index is 0.00000256. The number of fused-ring (bicyclic) bond motifs is 1. The molecule has 4 aromatic rings. The smallest absolute Gasteiger partial charge is 0.229 e. The summed E-state index contributed by atoms with van der Waals surface area (Å²) in [5, 5.41) is 7.79. The number of aryl methyl sites for hydroxylation is 2. The van der Waals surface area contributed by atoms with E-state index >= 15 is 0 Å². The Hall–Kier alpha value is -3.17. The average Bonchev–Trinajstić information content (AvgIpc) is 2.97. The number of sulfonamides is 1. The van der Waals surface area contributed by atoms with Gasteiger partial charge in [-0.15, -0.1) is 12.4 Å². The van der Waals surface area contributed by atoms with Crippen molar-refractivity contribution in [2.75, 3.05) is 16.3 Å². The average molecular weight is 445 g/mol. The normalized spacial score (nSPS) is 11.2. The number of rotatable bonds is 5. The summed E-state index contributed by atoms with van der Waals surface area (Å²) < 4.78 is 27.0. The number of aromatic nitrogens is 4. The lowest BCUT2D eigenvalue weighted by atomic mass is 10.2. The fourth-order valence-corrected chi connectivity index (χ4v) is 3.68. The summed E-state index contributed by atoms with van der Waals surface area (Å²) >= 11 is 0. The van der Waals surface area contributed by atoms with Gasteiger partial charge in [0.05, 0.1) is 11.9 Å². The van der Waals surface area contributed by atoms with Crippen LogP contribution in [0.15, 0.2) is 54.6 Å². The first-order chi connectivity index (χ1) is 13.8. The fourth-order valence-electron chi connectivity index (χ4n) is 3.11. The molecule has 0 aliphatic heterocycles. The molecule has 0 fully saturated rings. The second-order valence-electron chi connectivity index (χ2n) is 6.74. The van der Waals surface area contributed by atoms with Gasteiger partial charge in [0.25, 0.3) is 0 Å². The van der Waals surface area contributed by atoms with Crippen molar-refractivity contribution in [2.24, 2.45) is 7.05 Å². The molecule has 2 N–H and O–H groups in total. The van der Waals surface area contributed by atoms with E-state index in [1.807, 2.05) is 44.3 Å². The molecule has 0 radical (unpaired) electrons. The van der Waals surface area contributed by atoms with E-state index in [4.69, 9.17) is 9.97 Å². The monoisotopic (exact) mass is 444 g/mol. The molecule has 8 nitrogen and oxygen atoms in total. The standard InChI is InChI=1S/C20H20N6O2S.ClH/c1-13-17-18(26(2)24-13)20(23-19(22-17)14-7-5-4-6-8-14)21-15-9-11-16(12-10-15)25-29(3,27)28;/h4-12,25H,1-3H3,(H,21,22,23);1H. The van der Waals surface area contributed by atoms with Crippen molar-refractivity contribution in [1.82, 2.24) is 19.7 Å². The lowest BCUT2D eigenvalue weighted by molar-refractivity contribution is 0.607. The van der Waals surface area contributed by atoms with Gasteiger partial charge in [-0.2, -0.15) is 5.10 Å². The number of halogens is 1. The number of nitrogens with zero attached hydrogens (tertiary/aromatic N) is 4. The van der Waals surface area contributed by atoms with Crippen molar-refractivity contribution in [3.8, 4) is 11.4 Å². The van der Waals surface area contributed by atoms with Gasteiger partial charge in [0.1, 0.15) is 11.0 Å². The molecular formula is C20H21ClN6O2S. The van der Waals surface area contributed by atoms with Crippen molar-refractivity contribution >= 4 is 50.7 Å². The highest BCUT2D eigenvalue weighted by Gasteiger charge is 2.16. The molecular weight excluding hydrogens is 424 g/mol. The molecule has 0 amide bonds. The molecule has 2 aromatic heterocycles. The first kappa shape index (κ1) is 21.5. The van der Waals surface area contributed by atoms with Gasteiger partial charge in [-0.05, 0) is 31.2 Å². The number of anilines is 3. The largest absolute Gasteiger partial charge is 0.338 e. The first-order valence-corrected chi connectivity index (χ1v) is 10.8. The third-order valence-corrected chi connectivity index (χ3v) is 4.94. The topological polar surface area (TPSA) is 102 Å². The molecule has 0 atom stereocenters. The minimum atomic E-state index is -3.32. The van der Waals surface area contributed by atoms with E-state index in [1.54, 1.807) is 28.9 Å². The molecule has 2 aromatic carbocycles. The molecule has 10 heteroatoms. The van der Waals surface area contributed by atoms with Gasteiger partial charge in [0.2, 0.25) is 10.0 Å². The summed E-state index contributed by atoms with van der Waals surface area (Å²) in [6.45, 7) is 1.92. The molecule has 0 unspecified atom stereocenters. The molecule has 0 bridgehead atoms. The van der Waals surface area contributed by atoms with E-state index in [9.17, 15) is 8.42 Å². The Kier molecular flexibility index (Phi) is 5.95. The third kappa shape index (κ3) is 4.52. The Morgan fingerprint density at radius 2 is 1.57 bits per heavy atom. The molecule has 156 valence electrons. The zero-order valence-corrected chi connectivity index (χ0v) is 18.3. The molecule has 0 aliphatic rings. The predicted octanol–water partition coefficient (Wildman–Crippen LogP) is 3.88. The van der Waals surface area contributed by atoms with Crippen molar-refractivity contribution in [2.45, 2.75) is 6.92 Å². The Morgan fingerprint density at radius 1 is 0.933 bits per heavy atom. The van der Waals surface area contributed by atoms with Crippen LogP contribution in [0.1, 0.15) is 5.69 Å². The number of hydrogen-bond donors (Lipinski definition) is 2. The highest BCUT2D eigenvalue weighted by Crippen LogP contribution is 2.29. The summed E-state index contributed by atoms with van der Waals surface area (Å²) in [6.07, 6.45) is 1.12. The van der Waals surface area contributed by atoms with E-state index in [2.05, 4.69) is 15.1 Å². The Labute approximate surface area is 180 Å². The van der Waals surface area contributed by atoms with Gasteiger partial charge < -0.3 is 5.32 Å². The lowest BCUT2D eigenvalue weighted by Gasteiger charge is -2.11. The van der Waals surface area contributed by atoms with Crippen molar-refractivity contribution in [1.29, 1.82) is 0 Å². The predicted molar refractivity (Wildman–Crippen MR) is 122 cm³/mol. The SMILES string of the molecule is Cc1nn(C)c2c(Nc3ccc(NS(C)(=O)=O)cc3)nc(-c3ccccc3)nc12.Cl. The number of hydrogen-bond acceptors (Lipinski definition) is 6. The van der Waals surface area contributed by atoms with E-state index in [0.29, 0.717) is 17.3 Å². The van der Waals surface area contributed by atoms with Crippen molar-refractivity contribution in [3.05, 3.63) is 60.3 Å². The fraction of sp³-hybridized carbons (Fsp3) is 0.150. The highest BCUT2D eigenvalue weighted by molar-refractivity contribution is 7.92. The van der Waals surface area contributed by atoms with Crippen LogP contribution in [0.2, 0.25) is 0 Å². The lowest BCUT2D eigenvalue weighted by Crippen LogP contribution is -2.09. The molecule has 2 heterocycles. The van der Waals surface area contributed by atoms with Crippen LogP contribution in [0.4, 0.5) is 17.2 Å². The summed E-state index contributed by atoms with van der Waals surface area (Å²) in [6, 6.07) is 16.7. The second-order valence-corrected chi connectivity index (χ2v) is 8.49. The summed E-state index contributed by atoms with van der Waals surface area (Å²) in [5.74, 6) is 1.23. The zero-order chi connectivity index (χ0) is 20.6. The summed E-state index contributed by atoms with van der Waals surface area (Å²) in [5.41, 5.74) is 4.56. The highest BCUT2D eigenvalue weighted by atomic mass is 35.5.